The number of carbonyl (C=O) groups excluding carboxylic acids is 1. The number of rotatable bonds is 5. The number of nitrogens with two attached hydrogens (primary N) is 1. The summed E-state index contributed by atoms with van der Waals surface area (Å²) in [6.07, 6.45) is 0.922. The van der Waals surface area contributed by atoms with Gasteiger partial charge >= 0.3 is 0 Å². The molecule has 1 rings (SSSR count). The average Bonchev–Trinajstić information content (AvgIpc) is 2.63. The molecule has 0 saturated carbocycles. The Morgan fingerprint density at radius 1 is 1.47 bits per heavy atom. The normalized spacial score (nSPS) is 10.3. The molecule has 0 bridgehead atoms. The van der Waals surface area contributed by atoms with Crippen molar-refractivity contribution < 1.29 is 9.21 Å². The van der Waals surface area contributed by atoms with Crippen LogP contribution in [0.15, 0.2) is 16.5 Å². The minimum Gasteiger partial charge on any atom is -0.456 e. The predicted molar refractivity (Wildman–Crippen MR) is 58.7 cm³/mol. The van der Waals surface area contributed by atoms with Crippen LogP contribution >= 0.6 is 0 Å². The van der Waals surface area contributed by atoms with E-state index in [0.29, 0.717) is 18.8 Å². The highest BCUT2D eigenvalue weighted by molar-refractivity contribution is 5.91. The molecular formula is C11H18N2O2. The van der Waals surface area contributed by atoms with E-state index in [-0.39, 0.29) is 5.91 Å². The average molecular weight is 210 g/mol. The Morgan fingerprint density at radius 3 is 2.67 bits per heavy atom. The van der Waals surface area contributed by atoms with Crippen molar-refractivity contribution in [1.82, 2.24) is 4.90 Å². The smallest absolute Gasteiger partial charge is 0.289 e. The minimum absolute atomic E-state index is 0.0737. The molecule has 1 amide bonds. The van der Waals surface area contributed by atoms with Gasteiger partial charge in [-0.3, -0.25) is 4.79 Å². The Morgan fingerprint density at radius 2 is 2.20 bits per heavy atom. The summed E-state index contributed by atoms with van der Waals surface area (Å²) in [6.45, 7) is 5.63. The Labute approximate surface area is 90.0 Å². The van der Waals surface area contributed by atoms with Crippen molar-refractivity contribution in [3.05, 3.63) is 23.7 Å². The number of aryl methyl sites for hydroxylation is 1. The molecule has 2 N–H and O–H groups in total. The molecular weight excluding hydrogens is 192 g/mol. The lowest BCUT2D eigenvalue weighted by Gasteiger charge is -2.19. The number of hydrogen-bond acceptors (Lipinski definition) is 3. The van der Waals surface area contributed by atoms with Crippen LogP contribution in [0, 0.1) is 6.92 Å². The Balaban J connectivity index is 2.71. The number of carbonyl (C=O) groups is 1. The number of hydrogen-bond donors (Lipinski definition) is 1. The maximum atomic E-state index is 11.9. The molecule has 15 heavy (non-hydrogen) atoms. The Bertz CT molecular complexity index is 314. The molecule has 0 aliphatic heterocycles. The van der Waals surface area contributed by atoms with Crippen molar-refractivity contribution in [2.75, 3.05) is 19.6 Å². The van der Waals surface area contributed by atoms with Gasteiger partial charge < -0.3 is 15.1 Å². The molecule has 0 spiro atoms. The Kier molecular flexibility index (Phi) is 4.37. The molecule has 0 aliphatic carbocycles. The van der Waals surface area contributed by atoms with E-state index in [1.807, 2.05) is 13.8 Å². The van der Waals surface area contributed by atoms with Gasteiger partial charge in [-0.2, -0.15) is 0 Å². The van der Waals surface area contributed by atoms with Crippen LogP contribution in [0.2, 0.25) is 0 Å². The van der Waals surface area contributed by atoms with E-state index in [4.69, 9.17) is 10.2 Å². The molecule has 0 atom stereocenters. The third-order valence-corrected chi connectivity index (χ3v) is 2.13. The summed E-state index contributed by atoms with van der Waals surface area (Å²) < 4.78 is 5.29. The molecule has 0 unspecified atom stereocenters. The quantitative estimate of drug-likeness (QED) is 0.799. The number of nitrogens with zero attached hydrogens (tertiary/aromatic N) is 1. The molecule has 84 valence electrons. The van der Waals surface area contributed by atoms with Crippen molar-refractivity contribution in [3.8, 4) is 0 Å². The van der Waals surface area contributed by atoms with E-state index in [2.05, 4.69) is 0 Å². The molecule has 4 nitrogen and oxygen atoms in total. The molecule has 0 aromatic carbocycles. The first kappa shape index (κ1) is 11.8. The molecule has 0 radical (unpaired) electrons. The molecule has 0 fully saturated rings. The maximum absolute atomic E-state index is 11.9. The number of furan rings is 1. The lowest BCUT2D eigenvalue weighted by Crippen LogP contribution is -2.35. The zero-order valence-electron chi connectivity index (χ0n) is 9.32. The second-order valence-corrected chi connectivity index (χ2v) is 3.49. The Hall–Kier alpha value is -1.29. The van der Waals surface area contributed by atoms with Gasteiger partial charge in [-0.05, 0) is 25.5 Å². The standard InChI is InChI=1S/C11H18N2O2/c1-3-7-13(8-6-12)11(14)10-5-4-9(2)15-10/h4-5H,3,6-8,12H2,1-2H3. The topological polar surface area (TPSA) is 59.5 Å². The molecule has 0 saturated heterocycles. The highest BCUT2D eigenvalue weighted by Gasteiger charge is 2.17. The molecule has 4 heteroatoms. The summed E-state index contributed by atoms with van der Waals surface area (Å²) in [7, 11) is 0. The van der Waals surface area contributed by atoms with Gasteiger partial charge in [0.25, 0.3) is 5.91 Å². The van der Waals surface area contributed by atoms with E-state index in [0.717, 1.165) is 18.7 Å². The van der Waals surface area contributed by atoms with Crippen LogP contribution in [-0.2, 0) is 0 Å². The fraction of sp³-hybridized carbons (Fsp3) is 0.545. The summed E-state index contributed by atoms with van der Waals surface area (Å²) in [6, 6.07) is 3.50. The summed E-state index contributed by atoms with van der Waals surface area (Å²) >= 11 is 0. The van der Waals surface area contributed by atoms with E-state index < -0.39 is 0 Å². The second-order valence-electron chi connectivity index (χ2n) is 3.49. The van der Waals surface area contributed by atoms with Gasteiger partial charge in [0.1, 0.15) is 5.76 Å². The van der Waals surface area contributed by atoms with Crippen LogP contribution in [-0.4, -0.2) is 30.4 Å². The summed E-state index contributed by atoms with van der Waals surface area (Å²) in [5.74, 6) is 1.08. The monoisotopic (exact) mass is 210 g/mol. The fourth-order valence-electron chi connectivity index (χ4n) is 1.45. The molecule has 1 aromatic rings. The predicted octanol–water partition coefficient (Wildman–Crippen LogP) is 1.40. The lowest BCUT2D eigenvalue weighted by atomic mass is 10.3. The van der Waals surface area contributed by atoms with Crippen molar-refractivity contribution in [1.29, 1.82) is 0 Å². The van der Waals surface area contributed by atoms with Gasteiger partial charge in [0.15, 0.2) is 5.76 Å². The maximum Gasteiger partial charge on any atom is 0.289 e. The zero-order valence-corrected chi connectivity index (χ0v) is 9.32. The highest BCUT2D eigenvalue weighted by Crippen LogP contribution is 2.09. The fourth-order valence-corrected chi connectivity index (χ4v) is 1.45. The van der Waals surface area contributed by atoms with Crippen LogP contribution in [0.25, 0.3) is 0 Å². The van der Waals surface area contributed by atoms with E-state index in [1.54, 1.807) is 17.0 Å². The molecule has 1 heterocycles. The highest BCUT2D eigenvalue weighted by atomic mass is 16.3. The SMILES string of the molecule is CCCN(CCN)C(=O)c1ccc(C)o1. The van der Waals surface area contributed by atoms with Gasteiger partial charge in [0, 0.05) is 19.6 Å². The summed E-state index contributed by atoms with van der Waals surface area (Å²) in [5, 5.41) is 0. The number of amides is 1. The van der Waals surface area contributed by atoms with Crippen LogP contribution in [0.3, 0.4) is 0 Å². The van der Waals surface area contributed by atoms with Crippen molar-refractivity contribution in [2.24, 2.45) is 5.73 Å². The van der Waals surface area contributed by atoms with Gasteiger partial charge in [-0.25, -0.2) is 0 Å². The third kappa shape index (κ3) is 3.09. The van der Waals surface area contributed by atoms with Gasteiger partial charge in [-0.15, -0.1) is 0 Å². The first-order valence-electron chi connectivity index (χ1n) is 5.24. The third-order valence-electron chi connectivity index (χ3n) is 2.13. The minimum atomic E-state index is -0.0737. The lowest BCUT2D eigenvalue weighted by molar-refractivity contribution is 0.0727. The molecule has 0 aliphatic rings. The van der Waals surface area contributed by atoms with Crippen molar-refractivity contribution >= 4 is 5.91 Å². The van der Waals surface area contributed by atoms with Crippen LogP contribution in [0.1, 0.15) is 29.7 Å². The van der Waals surface area contributed by atoms with Crippen molar-refractivity contribution in [3.63, 3.8) is 0 Å². The van der Waals surface area contributed by atoms with Gasteiger partial charge in [0.05, 0.1) is 0 Å². The van der Waals surface area contributed by atoms with E-state index in [1.165, 1.54) is 0 Å². The van der Waals surface area contributed by atoms with Crippen molar-refractivity contribution in [2.45, 2.75) is 20.3 Å². The van der Waals surface area contributed by atoms with E-state index >= 15 is 0 Å². The van der Waals surface area contributed by atoms with E-state index in [9.17, 15) is 4.79 Å². The first-order chi connectivity index (χ1) is 7.19. The summed E-state index contributed by atoms with van der Waals surface area (Å²) in [4.78, 5) is 13.6. The zero-order chi connectivity index (χ0) is 11.3. The summed E-state index contributed by atoms with van der Waals surface area (Å²) in [5.41, 5.74) is 5.46. The van der Waals surface area contributed by atoms with Crippen LogP contribution < -0.4 is 5.73 Å². The first-order valence-corrected chi connectivity index (χ1v) is 5.24. The largest absolute Gasteiger partial charge is 0.456 e. The van der Waals surface area contributed by atoms with Crippen LogP contribution in [0.5, 0.6) is 0 Å². The van der Waals surface area contributed by atoms with Gasteiger partial charge in [0.2, 0.25) is 0 Å². The van der Waals surface area contributed by atoms with Crippen LogP contribution in [0.4, 0.5) is 0 Å². The molecule has 1 aromatic heterocycles. The second kappa shape index (κ2) is 5.56. The van der Waals surface area contributed by atoms with Gasteiger partial charge in [-0.1, -0.05) is 6.92 Å².